The molecule has 0 aliphatic carbocycles. The molecule has 0 aliphatic rings. The van der Waals surface area contributed by atoms with Crippen molar-refractivity contribution in [2.45, 2.75) is 0 Å². The third-order valence-corrected chi connectivity index (χ3v) is 3.21. The number of aromatic nitrogens is 3. The Morgan fingerprint density at radius 2 is 2.27 bits per heavy atom. The Hall–Kier alpha value is -1.39. The highest BCUT2D eigenvalue weighted by Crippen LogP contribution is 2.26. The first-order chi connectivity index (χ1) is 7.34. The van der Waals surface area contributed by atoms with Gasteiger partial charge >= 0.3 is 0 Å². The lowest BCUT2D eigenvalue weighted by molar-refractivity contribution is 1.34. The summed E-state index contributed by atoms with van der Waals surface area (Å²) in [4.78, 5) is 12.7. The lowest BCUT2D eigenvalue weighted by atomic mass is 10.3. The van der Waals surface area contributed by atoms with E-state index in [0.717, 1.165) is 21.7 Å². The molecule has 2 aromatic heterocycles. The number of hydrogen-bond acceptors (Lipinski definition) is 3. The normalized spacial score (nSPS) is 11.0. The van der Waals surface area contributed by atoms with Gasteiger partial charge < -0.3 is 4.98 Å². The van der Waals surface area contributed by atoms with Crippen molar-refractivity contribution in [2.24, 2.45) is 0 Å². The number of para-hydroxylation sites is 1. The number of benzene rings is 1. The maximum absolute atomic E-state index is 6.04. The molecule has 3 rings (SSSR count). The number of aromatic amines is 1. The number of halogens is 1. The topological polar surface area (TPSA) is 41.6 Å². The zero-order valence-corrected chi connectivity index (χ0v) is 9.14. The predicted molar refractivity (Wildman–Crippen MR) is 62.2 cm³/mol. The van der Waals surface area contributed by atoms with Gasteiger partial charge in [0.2, 0.25) is 0 Å². The molecule has 1 N–H and O–H groups in total. The van der Waals surface area contributed by atoms with Gasteiger partial charge in [0.1, 0.15) is 11.3 Å². The van der Waals surface area contributed by atoms with Gasteiger partial charge in [-0.25, -0.2) is 4.98 Å². The molecule has 0 saturated heterocycles. The van der Waals surface area contributed by atoms with Crippen molar-refractivity contribution in [3.05, 3.63) is 34.9 Å². The summed E-state index contributed by atoms with van der Waals surface area (Å²) < 4.78 is 0. The van der Waals surface area contributed by atoms with Crippen LogP contribution in [0.2, 0.25) is 5.02 Å². The van der Waals surface area contributed by atoms with Crippen LogP contribution < -0.4 is 0 Å². The highest BCUT2D eigenvalue weighted by Gasteiger charge is 2.08. The second kappa shape index (κ2) is 3.32. The maximum Gasteiger partial charge on any atom is 0.150 e. The fourth-order valence-corrected chi connectivity index (χ4v) is 2.23. The van der Waals surface area contributed by atoms with Crippen molar-refractivity contribution in [1.82, 2.24) is 15.0 Å². The zero-order chi connectivity index (χ0) is 10.3. The Labute approximate surface area is 94.8 Å². The fourth-order valence-electron chi connectivity index (χ4n) is 1.45. The van der Waals surface area contributed by atoms with Crippen molar-refractivity contribution in [1.29, 1.82) is 0 Å². The Kier molecular flexibility index (Phi) is 1.97. The minimum absolute atomic E-state index is 0.666. The van der Waals surface area contributed by atoms with Crippen molar-refractivity contribution < 1.29 is 0 Å². The molecule has 0 amide bonds. The van der Waals surface area contributed by atoms with E-state index in [-0.39, 0.29) is 0 Å². The largest absolute Gasteiger partial charge is 0.337 e. The number of nitrogens with zero attached hydrogens (tertiary/aromatic N) is 2. The summed E-state index contributed by atoms with van der Waals surface area (Å²) in [5.74, 6) is 0.820. The van der Waals surface area contributed by atoms with Gasteiger partial charge in [0.25, 0.3) is 0 Å². The first-order valence-electron chi connectivity index (χ1n) is 4.38. The van der Waals surface area contributed by atoms with Crippen molar-refractivity contribution in [2.75, 3.05) is 0 Å². The van der Waals surface area contributed by atoms with Crippen LogP contribution in [0.5, 0.6) is 0 Å². The van der Waals surface area contributed by atoms with Gasteiger partial charge in [0.15, 0.2) is 0 Å². The molecule has 0 saturated carbocycles. The highest BCUT2D eigenvalue weighted by atomic mass is 35.5. The zero-order valence-electron chi connectivity index (χ0n) is 7.57. The minimum atomic E-state index is 0.666. The number of imidazole rings is 1. The van der Waals surface area contributed by atoms with Crippen molar-refractivity contribution in [3.8, 4) is 10.7 Å². The third-order valence-electron chi connectivity index (χ3n) is 2.13. The number of hydrogen-bond donors (Lipinski definition) is 1. The van der Waals surface area contributed by atoms with E-state index in [1.165, 1.54) is 0 Å². The monoisotopic (exact) mass is 235 g/mol. The third kappa shape index (κ3) is 1.42. The van der Waals surface area contributed by atoms with E-state index in [1.807, 2.05) is 18.2 Å². The highest BCUT2D eigenvalue weighted by molar-refractivity contribution is 7.13. The fraction of sp³-hybridized carbons (Fsp3) is 0. The smallest absolute Gasteiger partial charge is 0.150 e. The Bertz CT molecular complexity index is 600. The number of thiazole rings is 1. The quantitative estimate of drug-likeness (QED) is 0.703. The van der Waals surface area contributed by atoms with Gasteiger partial charge in [-0.15, -0.1) is 11.3 Å². The van der Waals surface area contributed by atoms with E-state index in [1.54, 1.807) is 23.0 Å². The Morgan fingerprint density at radius 3 is 3.00 bits per heavy atom. The van der Waals surface area contributed by atoms with Crippen LogP contribution in [-0.2, 0) is 0 Å². The van der Waals surface area contributed by atoms with E-state index in [4.69, 9.17) is 11.6 Å². The summed E-state index contributed by atoms with van der Waals surface area (Å²) in [7, 11) is 0. The number of rotatable bonds is 1. The van der Waals surface area contributed by atoms with Crippen LogP contribution in [0.15, 0.2) is 29.9 Å². The summed E-state index contributed by atoms with van der Waals surface area (Å²) >= 11 is 7.59. The van der Waals surface area contributed by atoms with Gasteiger partial charge in [-0.1, -0.05) is 17.7 Å². The van der Waals surface area contributed by atoms with E-state index in [9.17, 15) is 0 Å². The van der Waals surface area contributed by atoms with E-state index < -0.39 is 0 Å². The van der Waals surface area contributed by atoms with Crippen molar-refractivity contribution >= 4 is 34.0 Å². The first kappa shape index (κ1) is 8.88. The van der Waals surface area contributed by atoms with Gasteiger partial charge in [-0.3, -0.25) is 4.98 Å². The molecule has 0 aliphatic heterocycles. The lowest BCUT2D eigenvalue weighted by Gasteiger charge is -1.88. The van der Waals surface area contributed by atoms with E-state index >= 15 is 0 Å². The Balaban J connectivity index is 2.27. The van der Waals surface area contributed by atoms with Gasteiger partial charge in [0, 0.05) is 6.20 Å². The number of fused-ring (bicyclic) bond motifs is 1. The molecule has 3 nitrogen and oxygen atoms in total. The number of nitrogens with one attached hydrogen (secondary N) is 1. The van der Waals surface area contributed by atoms with Gasteiger partial charge in [-0.2, -0.15) is 0 Å². The van der Waals surface area contributed by atoms with E-state index in [0.29, 0.717) is 5.02 Å². The first-order valence-corrected chi connectivity index (χ1v) is 5.63. The van der Waals surface area contributed by atoms with Crippen molar-refractivity contribution in [3.63, 3.8) is 0 Å². The molecule has 74 valence electrons. The number of H-pyrrole nitrogens is 1. The van der Waals surface area contributed by atoms with Crippen LogP contribution in [0.3, 0.4) is 0 Å². The minimum Gasteiger partial charge on any atom is -0.337 e. The maximum atomic E-state index is 6.04. The molecule has 1 aromatic carbocycles. The SMILES string of the molecule is Clc1cccc2[nH]c(-c3cncs3)nc12. The molecule has 5 heteroatoms. The predicted octanol–water partition coefficient (Wildman–Crippen LogP) is 3.34. The molecule has 0 bridgehead atoms. The van der Waals surface area contributed by atoms with Crippen LogP contribution in [0.25, 0.3) is 21.7 Å². The van der Waals surface area contributed by atoms with Crippen LogP contribution in [0.1, 0.15) is 0 Å². The molecule has 15 heavy (non-hydrogen) atoms. The molecule has 0 fully saturated rings. The molecule has 0 atom stereocenters. The standard InChI is InChI=1S/C10H6ClN3S/c11-6-2-1-3-7-9(6)14-10(13-7)8-4-12-5-15-8/h1-5H,(H,13,14). The molecule has 0 radical (unpaired) electrons. The van der Waals surface area contributed by atoms with Crippen LogP contribution in [0.4, 0.5) is 0 Å². The second-order valence-electron chi connectivity index (χ2n) is 3.09. The second-order valence-corrected chi connectivity index (χ2v) is 4.38. The van der Waals surface area contributed by atoms with Gasteiger partial charge in [0.05, 0.1) is 20.9 Å². The molecule has 3 aromatic rings. The average molecular weight is 236 g/mol. The summed E-state index contributed by atoms with van der Waals surface area (Å²) in [5, 5.41) is 0.666. The van der Waals surface area contributed by atoms with E-state index in [2.05, 4.69) is 15.0 Å². The average Bonchev–Trinajstić information content (AvgIpc) is 2.86. The molecular weight excluding hydrogens is 230 g/mol. The molecular formula is C10H6ClN3S. The summed E-state index contributed by atoms with van der Waals surface area (Å²) in [6.45, 7) is 0. The Morgan fingerprint density at radius 1 is 1.33 bits per heavy atom. The summed E-state index contributed by atoms with van der Waals surface area (Å²) in [5.41, 5.74) is 3.54. The van der Waals surface area contributed by atoms with Crippen LogP contribution >= 0.6 is 22.9 Å². The van der Waals surface area contributed by atoms with Crippen LogP contribution in [-0.4, -0.2) is 15.0 Å². The molecule has 0 spiro atoms. The molecule has 0 unspecified atom stereocenters. The summed E-state index contributed by atoms with van der Waals surface area (Å²) in [6, 6.07) is 5.69. The van der Waals surface area contributed by atoms with Gasteiger partial charge in [-0.05, 0) is 12.1 Å². The lowest BCUT2D eigenvalue weighted by Crippen LogP contribution is -1.73. The molecule has 2 heterocycles. The van der Waals surface area contributed by atoms with Crippen LogP contribution in [0, 0.1) is 0 Å². The summed E-state index contributed by atoms with van der Waals surface area (Å²) in [6.07, 6.45) is 1.79.